The first-order valence-electron chi connectivity index (χ1n) is 7.30. The molecule has 6 heteroatoms. The van der Waals surface area contributed by atoms with Crippen LogP contribution < -0.4 is 5.32 Å². The molecular formula is C14H24BrN3O2. The number of aryl methyl sites for hydroxylation is 2. The Balaban J connectivity index is 2.12. The average Bonchev–Trinajstić information content (AvgIpc) is 2.75. The maximum atomic E-state index is 5.85. The largest absolute Gasteiger partial charge is 0.376 e. The quantitative estimate of drug-likeness (QED) is 0.852. The molecule has 1 N–H and O–H groups in total. The molecule has 1 aromatic rings. The summed E-state index contributed by atoms with van der Waals surface area (Å²) in [6, 6.07) is 0.247. The molecule has 0 spiro atoms. The maximum absolute atomic E-state index is 5.85. The highest BCUT2D eigenvalue weighted by molar-refractivity contribution is 9.10. The Kier molecular flexibility index (Phi) is 6.01. The predicted molar refractivity (Wildman–Crippen MR) is 82.0 cm³/mol. The Labute approximate surface area is 129 Å². The summed E-state index contributed by atoms with van der Waals surface area (Å²) in [5.41, 5.74) is 2.32. The zero-order chi connectivity index (χ0) is 14.5. The summed E-state index contributed by atoms with van der Waals surface area (Å²) in [6.07, 6.45) is 1.92. The zero-order valence-electron chi connectivity index (χ0n) is 12.5. The number of hydrogen-bond acceptors (Lipinski definition) is 4. The molecule has 1 aliphatic rings. The van der Waals surface area contributed by atoms with E-state index in [1.165, 1.54) is 5.69 Å². The van der Waals surface area contributed by atoms with E-state index in [2.05, 4.69) is 40.2 Å². The third-order valence-electron chi connectivity index (χ3n) is 3.67. The second kappa shape index (κ2) is 7.54. The SMILES string of the molecule is CCNC(Cc1c(Br)c(CC)nn1C)C1COCCO1. The number of aromatic nitrogens is 2. The zero-order valence-corrected chi connectivity index (χ0v) is 14.1. The van der Waals surface area contributed by atoms with Crippen molar-refractivity contribution in [1.29, 1.82) is 0 Å². The summed E-state index contributed by atoms with van der Waals surface area (Å²) in [6.45, 7) is 7.20. The van der Waals surface area contributed by atoms with Crippen molar-refractivity contribution in [3.63, 3.8) is 0 Å². The Morgan fingerprint density at radius 1 is 1.45 bits per heavy atom. The first-order chi connectivity index (χ1) is 9.67. The van der Waals surface area contributed by atoms with Crippen LogP contribution in [-0.4, -0.2) is 48.3 Å². The van der Waals surface area contributed by atoms with Crippen molar-refractivity contribution in [3.8, 4) is 0 Å². The molecule has 0 radical (unpaired) electrons. The summed E-state index contributed by atoms with van der Waals surface area (Å²) >= 11 is 3.68. The minimum atomic E-state index is 0.107. The molecule has 0 bridgehead atoms. The van der Waals surface area contributed by atoms with Crippen molar-refractivity contribution in [2.24, 2.45) is 7.05 Å². The molecule has 1 aromatic heterocycles. The van der Waals surface area contributed by atoms with Gasteiger partial charge in [0, 0.05) is 19.5 Å². The molecule has 1 saturated heterocycles. The van der Waals surface area contributed by atoms with Crippen LogP contribution in [0.3, 0.4) is 0 Å². The molecule has 0 saturated carbocycles. The summed E-state index contributed by atoms with van der Waals surface area (Å²) in [5, 5.41) is 8.07. The van der Waals surface area contributed by atoms with Gasteiger partial charge in [-0.05, 0) is 28.9 Å². The molecule has 0 aliphatic carbocycles. The van der Waals surface area contributed by atoms with Crippen LogP contribution in [0.5, 0.6) is 0 Å². The van der Waals surface area contributed by atoms with Gasteiger partial charge in [-0.2, -0.15) is 5.10 Å². The van der Waals surface area contributed by atoms with E-state index in [9.17, 15) is 0 Å². The van der Waals surface area contributed by atoms with Crippen molar-refractivity contribution >= 4 is 15.9 Å². The van der Waals surface area contributed by atoms with Crippen LogP contribution in [0.2, 0.25) is 0 Å². The Bertz CT molecular complexity index is 430. The smallest absolute Gasteiger partial charge is 0.0965 e. The topological polar surface area (TPSA) is 48.3 Å². The Hall–Kier alpha value is -0.430. The summed E-state index contributed by atoms with van der Waals surface area (Å²) in [5.74, 6) is 0. The van der Waals surface area contributed by atoms with E-state index < -0.39 is 0 Å². The van der Waals surface area contributed by atoms with Gasteiger partial charge in [-0.1, -0.05) is 13.8 Å². The van der Waals surface area contributed by atoms with E-state index in [0.717, 1.165) is 29.6 Å². The molecule has 1 fully saturated rings. The third-order valence-corrected chi connectivity index (χ3v) is 4.59. The number of hydrogen-bond donors (Lipinski definition) is 1. The molecule has 20 heavy (non-hydrogen) atoms. The van der Waals surface area contributed by atoms with Crippen molar-refractivity contribution in [1.82, 2.24) is 15.1 Å². The highest BCUT2D eigenvalue weighted by Crippen LogP contribution is 2.24. The van der Waals surface area contributed by atoms with Gasteiger partial charge in [0.1, 0.15) is 0 Å². The Morgan fingerprint density at radius 2 is 2.25 bits per heavy atom. The van der Waals surface area contributed by atoms with Gasteiger partial charge in [-0.25, -0.2) is 0 Å². The lowest BCUT2D eigenvalue weighted by Crippen LogP contribution is -2.48. The minimum absolute atomic E-state index is 0.107. The number of ether oxygens (including phenoxy) is 2. The lowest BCUT2D eigenvalue weighted by atomic mass is 10.0. The van der Waals surface area contributed by atoms with Crippen molar-refractivity contribution in [2.45, 2.75) is 38.8 Å². The van der Waals surface area contributed by atoms with Crippen molar-refractivity contribution in [3.05, 3.63) is 15.9 Å². The fraction of sp³-hybridized carbons (Fsp3) is 0.786. The van der Waals surface area contributed by atoms with Gasteiger partial charge >= 0.3 is 0 Å². The van der Waals surface area contributed by atoms with Gasteiger partial charge in [0.25, 0.3) is 0 Å². The number of likely N-dealkylation sites (N-methyl/N-ethyl adjacent to an activating group) is 1. The lowest BCUT2D eigenvalue weighted by Gasteiger charge is -2.31. The summed E-state index contributed by atoms with van der Waals surface area (Å²) in [4.78, 5) is 0. The van der Waals surface area contributed by atoms with Crippen molar-refractivity contribution < 1.29 is 9.47 Å². The van der Waals surface area contributed by atoms with E-state index >= 15 is 0 Å². The molecule has 0 amide bonds. The van der Waals surface area contributed by atoms with Crippen LogP contribution in [0, 0.1) is 0 Å². The molecule has 2 rings (SSSR count). The van der Waals surface area contributed by atoms with Gasteiger partial charge in [-0.3, -0.25) is 4.68 Å². The van der Waals surface area contributed by atoms with Crippen LogP contribution in [0.1, 0.15) is 25.2 Å². The van der Waals surface area contributed by atoms with E-state index in [4.69, 9.17) is 9.47 Å². The van der Waals surface area contributed by atoms with Crippen LogP contribution in [-0.2, 0) is 29.4 Å². The maximum Gasteiger partial charge on any atom is 0.0965 e. The summed E-state index contributed by atoms with van der Waals surface area (Å²) < 4.78 is 14.5. The third kappa shape index (κ3) is 3.61. The lowest BCUT2D eigenvalue weighted by molar-refractivity contribution is -0.101. The van der Waals surface area contributed by atoms with Gasteiger partial charge < -0.3 is 14.8 Å². The molecule has 1 aliphatic heterocycles. The average molecular weight is 346 g/mol. The number of rotatable bonds is 6. The number of nitrogens with one attached hydrogen (secondary N) is 1. The van der Waals surface area contributed by atoms with Gasteiger partial charge in [0.15, 0.2) is 0 Å². The van der Waals surface area contributed by atoms with E-state index in [0.29, 0.717) is 19.8 Å². The molecule has 114 valence electrons. The molecule has 2 atom stereocenters. The second-order valence-electron chi connectivity index (χ2n) is 5.04. The van der Waals surface area contributed by atoms with E-state index in [1.807, 2.05) is 11.7 Å². The molecule has 2 heterocycles. The molecule has 2 unspecified atom stereocenters. The fourth-order valence-electron chi connectivity index (χ4n) is 2.59. The first-order valence-corrected chi connectivity index (χ1v) is 8.09. The van der Waals surface area contributed by atoms with Gasteiger partial charge in [0.2, 0.25) is 0 Å². The highest BCUT2D eigenvalue weighted by Gasteiger charge is 2.27. The predicted octanol–water partition coefficient (Wildman–Crippen LogP) is 1.68. The molecular weight excluding hydrogens is 322 g/mol. The molecule has 5 nitrogen and oxygen atoms in total. The molecule has 0 aromatic carbocycles. The van der Waals surface area contributed by atoms with E-state index in [-0.39, 0.29) is 12.1 Å². The van der Waals surface area contributed by atoms with Crippen LogP contribution >= 0.6 is 15.9 Å². The fourth-order valence-corrected chi connectivity index (χ4v) is 3.36. The van der Waals surface area contributed by atoms with Crippen LogP contribution in [0.25, 0.3) is 0 Å². The standard InChI is InChI=1S/C14H24BrN3O2/c1-4-10-14(15)12(18(3)17-10)8-11(16-5-2)13-9-19-6-7-20-13/h11,13,16H,4-9H2,1-3H3. The highest BCUT2D eigenvalue weighted by atomic mass is 79.9. The van der Waals surface area contributed by atoms with Crippen LogP contribution in [0.15, 0.2) is 4.47 Å². The minimum Gasteiger partial charge on any atom is -0.376 e. The van der Waals surface area contributed by atoms with Gasteiger partial charge in [0.05, 0.1) is 41.8 Å². The van der Waals surface area contributed by atoms with Gasteiger partial charge in [-0.15, -0.1) is 0 Å². The van der Waals surface area contributed by atoms with Crippen molar-refractivity contribution in [2.75, 3.05) is 26.4 Å². The number of nitrogens with zero attached hydrogens (tertiary/aromatic N) is 2. The second-order valence-corrected chi connectivity index (χ2v) is 5.83. The monoisotopic (exact) mass is 345 g/mol. The summed E-state index contributed by atoms with van der Waals surface area (Å²) in [7, 11) is 2.00. The normalized spacial score (nSPS) is 21.1. The first kappa shape index (κ1) is 15.9. The Morgan fingerprint density at radius 3 is 2.80 bits per heavy atom. The van der Waals surface area contributed by atoms with Crippen LogP contribution in [0.4, 0.5) is 0 Å². The number of halogens is 1. The van der Waals surface area contributed by atoms with E-state index in [1.54, 1.807) is 0 Å².